The van der Waals surface area contributed by atoms with Gasteiger partial charge in [0.25, 0.3) is 5.91 Å². The molecule has 0 saturated carbocycles. The Morgan fingerprint density at radius 1 is 1.23 bits per heavy atom. The Balaban J connectivity index is 2.19. The van der Waals surface area contributed by atoms with Crippen molar-refractivity contribution < 1.29 is 28.9 Å². The smallest absolute Gasteiger partial charge is 0.411 e. The van der Waals surface area contributed by atoms with E-state index >= 15 is 0 Å². The molecule has 164 valence electrons. The van der Waals surface area contributed by atoms with Crippen LogP contribution in [0.15, 0.2) is 30.3 Å². The van der Waals surface area contributed by atoms with E-state index in [0.29, 0.717) is 0 Å². The van der Waals surface area contributed by atoms with E-state index in [0.717, 1.165) is 0 Å². The van der Waals surface area contributed by atoms with E-state index in [1.807, 2.05) is 0 Å². The van der Waals surface area contributed by atoms with Crippen LogP contribution in [0.4, 0.5) is 14.9 Å². The second-order valence-corrected chi connectivity index (χ2v) is 7.46. The summed E-state index contributed by atoms with van der Waals surface area (Å²) < 4.78 is 19.9. The second-order valence-electron chi connectivity index (χ2n) is 6.65. The summed E-state index contributed by atoms with van der Waals surface area (Å²) in [7, 11) is 0. The van der Waals surface area contributed by atoms with E-state index in [4.69, 9.17) is 38.3 Å². The molecule has 0 aromatic heterocycles. The normalized spacial score (nSPS) is 11.9. The van der Waals surface area contributed by atoms with E-state index in [1.54, 1.807) is 11.4 Å². The Kier molecular flexibility index (Phi) is 7.51. The summed E-state index contributed by atoms with van der Waals surface area (Å²) in [5.41, 5.74) is 3.29. The number of amides is 2. The zero-order valence-electron chi connectivity index (χ0n) is 16.2. The number of imide groups is 1. The number of ether oxygens (including phenoxy) is 1. The van der Waals surface area contributed by atoms with Crippen LogP contribution in [0.2, 0.25) is 10.0 Å². The predicted octanol–water partition coefficient (Wildman–Crippen LogP) is 4.30. The molecule has 12 heteroatoms. The molecule has 1 unspecified atom stereocenters. The number of carboxylic acid groups (broad SMARTS) is 1. The van der Waals surface area contributed by atoms with E-state index in [2.05, 4.69) is 10.9 Å². The molecule has 0 aliphatic heterocycles. The molecule has 0 saturated heterocycles. The number of carbonyl (C=O) groups excluding carboxylic acids is 1. The van der Waals surface area contributed by atoms with Crippen LogP contribution in [0, 0.1) is 11.3 Å². The second kappa shape index (κ2) is 9.70. The fourth-order valence-electron chi connectivity index (χ4n) is 2.39. The zero-order valence-corrected chi connectivity index (χ0v) is 17.7. The average molecular weight is 471 g/mol. The fourth-order valence-corrected chi connectivity index (χ4v) is 2.96. The lowest BCUT2D eigenvalue weighted by molar-refractivity contribution is -0.120. The summed E-state index contributed by atoms with van der Waals surface area (Å²) in [4.78, 5) is 22.1. The maximum atomic E-state index is 14.3. The van der Waals surface area contributed by atoms with Crippen molar-refractivity contribution in [1.29, 1.82) is 5.26 Å². The standard InChI is InChI=1S/C19H17Cl2FN4O5/c1-19(2,22)11-7-10(3-4-15(11)27)31-16-12(20)5-9(6-13(16)21)25-26-14(8-23)17(28)24-18(29)30/h3-7,14,25-27H,1-2H3,(H,24,28)(H,29,30). The van der Waals surface area contributed by atoms with Gasteiger partial charge >= 0.3 is 6.09 Å². The van der Waals surface area contributed by atoms with Crippen molar-refractivity contribution in [2.75, 3.05) is 5.43 Å². The number of nitrogens with one attached hydrogen (secondary N) is 3. The average Bonchev–Trinajstić information content (AvgIpc) is 2.65. The van der Waals surface area contributed by atoms with Crippen LogP contribution in [-0.4, -0.2) is 28.3 Å². The number of benzene rings is 2. The minimum absolute atomic E-state index is 0.0157. The number of nitriles is 1. The maximum absolute atomic E-state index is 14.3. The SMILES string of the molecule is CC(C)(F)c1cc(Oc2c(Cl)cc(NNC(C#N)C(=O)NC(=O)O)cc2Cl)ccc1O. The largest absolute Gasteiger partial charge is 0.508 e. The van der Waals surface area contributed by atoms with Crippen molar-refractivity contribution in [2.24, 2.45) is 0 Å². The topological polar surface area (TPSA) is 144 Å². The molecule has 2 aromatic carbocycles. The predicted molar refractivity (Wildman–Crippen MR) is 111 cm³/mol. The Bertz CT molecular complexity index is 1030. The number of hydrogen-bond donors (Lipinski definition) is 5. The van der Waals surface area contributed by atoms with E-state index < -0.39 is 23.7 Å². The van der Waals surface area contributed by atoms with Gasteiger partial charge in [-0.1, -0.05) is 23.2 Å². The number of phenols is 1. The highest BCUT2D eigenvalue weighted by molar-refractivity contribution is 6.37. The number of hydrogen-bond acceptors (Lipinski definition) is 7. The first-order valence-electron chi connectivity index (χ1n) is 8.56. The third-order valence-electron chi connectivity index (χ3n) is 3.81. The van der Waals surface area contributed by atoms with Gasteiger partial charge in [0.15, 0.2) is 11.8 Å². The number of carbonyl (C=O) groups is 2. The van der Waals surface area contributed by atoms with Gasteiger partial charge in [-0.25, -0.2) is 14.6 Å². The quantitative estimate of drug-likeness (QED) is 0.376. The summed E-state index contributed by atoms with van der Waals surface area (Å²) in [6, 6.07) is 6.78. The third kappa shape index (κ3) is 6.36. The fraction of sp³-hybridized carbons (Fsp3) is 0.211. The first-order valence-corrected chi connectivity index (χ1v) is 9.32. The monoisotopic (exact) mass is 470 g/mol. The maximum Gasteiger partial charge on any atom is 0.411 e. The molecule has 5 N–H and O–H groups in total. The Morgan fingerprint density at radius 3 is 2.35 bits per heavy atom. The minimum atomic E-state index is -1.82. The molecule has 2 rings (SSSR count). The highest BCUT2D eigenvalue weighted by Crippen LogP contribution is 2.41. The summed E-state index contributed by atoms with van der Waals surface area (Å²) in [5, 5.41) is 29.0. The van der Waals surface area contributed by atoms with Crippen LogP contribution in [0.5, 0.6) is 17.2 Å². The van der Waals surface area contributed by atoms with Gasteiger partial charge in [0.1, 0.15) is 17.2 Å². The molecule has 0 aliphatic carbocycles. The number of rotatable bonds is 7. The summed E-state index contributed by atoms with van der Waals surface area (Å²) in [6.45, 7) is 2.56. The van der Waals surface area contributed by atoms with Crippen molar-refractivity contribution in [1.82, 2.24) is 10.7 Å². The van der Waals surface area contributed by atoms with E-state index in [1.165, 1.54) is 44.2 Å². The highest BCUT2D eigenvalue weighted by atomic mass is 35.5. The van der Waals surface area contributed by atoms with E-state index in [-0.39, 0.29) is 38.5 Å². The van der Waals surface area contributed by atoms with Gasteiger partial charge in [-0.15, -0.1) is 0 Å². The van der Waals surface area contributed by atoms with Crippen molar-refractivity contribution in [3.05, 3.63) is 45.9 Å². The first-order chi connectivity index (χ1) is 14.4. The number of alkyl halides is 1. The number of hydrazine groups is 1. The van der Waals surface area contributed by atoms with Crippen LogP contribution in [0.1, 0.15) is 19.4 Å². The van der Waals surface area contributed by atoms with Gasteiger partial charge in [0, 0.05) is 5.56 Å². The van der Waals surface area contributed by atoms with Crippen molar-refractivity contribution in [3.63, 3.8) is 0 Å². The third-order valence-corrected chi connectivity index (χ3v) is 4.37. The molecule has 2 aromatic rings. The molecule has 2 amide bonds. The molecule has 9 nitrogen and oxygen atoms in total. The number of aromatic hydroxyl groups is 1. The molecule has 0 radical (unpaired) electrons. The molecule has 0 aliphatic rings. The number of halogens is 3. The lowest BCUT2D eigenvalue weighted by atomic mass is 9.99. The van der Waals surface area contributed by atoms with Crippen LogP contribution in [0.25, 0.3) is 0 Å². The van der Waals surface area contributed by atoms with Gasteiger partial charge < -0.3 is 20.4 Å². The van der Waals surface area contributed by atoms with Gasteiger partial charge in [0.05, 0.1) is 21.8 Å². The Hall–Kier alpha value is -3.26. The van der Waals surface area contributed by atoms with Gasteiger partial charge in [-0.05, 0) is 44.2 Å². The molecule has 1 atom stereocenters. The number of phenolic OH excluding ortho intramolecular Hbond substituents is 1. The molecular weight excluding hydrogens is 454 g/mol. The number of nitrogens with zero attached hydrogens (tertiary/aromatic N) is 1. The van der Waals surface area contributed by atoms with Gasteiger partial charge in [-0.2, -0.15) is 5.26 Å². The number of anilines is 1. The first kappa shape index (κ1) is 24.0. The lowest BCUT2D eigenvalue weighted by Gasteiger charge is -2.18. The minimum Gasteiger partial charge on any atom is -0.508 e. The van der Waals surface area contributed by atoms with Gasteiger partial charge in [0.2, 0.25) is 0 Å². The van der Waals surface area contributed by atoms with Gasteiger partial charge in [-0.3, -0.25) is 10.1 Å². The molecule has 31 heavy (non-hydrogen) atoms. The summed E-state index contributed by atoms with van der Waals surface area (Å²) in [6.07, 6.45) is -1.60. The van der Waals surface area contributed by atoms with Crippen molar-refractivity contribution >= 4 is 40.9 Å². The van der Waals surface area contributed by atoms with Crippen LogP contribution >= 0.6 is 23.2 Å². The summed E-state index contributed by atoms with van der Waals surface area (Å²) >= 11 is 12.4. The molecule has 0 heterocycles. The molecule has 0 spiro atoms. The Labute approximate surface area is 186 Å². The van der Waals surface area contributed by atoms with Crippen LogP contribution in [-0.2, 0) is 10.5 Å². The molecule has 0 fully saturated rings. The van der Waals surface area contributed by atoms with E-state index in [9.17, 15) is 19.1 Å². The van der Waals surface area contributed by atoms with Crippen LogP contribution in [0.3, 0.4) is 0 Å². The molecule has 0 bridgehead atoms. The highest BCUT2D eigenvalue weighted by Gasteiger charge is 2.24. The van der Waals surface area contributed by atoms with Crippen LogP contribution < -0.4 is 20.9 Å². The van der Waals surface area contributed by atoms with Crippen molar-refractivity contribution in [2.45, 2.75) is 25.6 Å². The van der Waals surface area contributed by atoms with Crippen molar-refractivity contribution in [3.8, 4) is 23.3 Å². The Morgan fingerprint density at radius 2 is 1.84 bits per heavy atom. The lowest BCUT2D eigenvalue weighted by Crippen LogP contribution is -2.47. The zero-order chi connectivity index (χ0) is 23.3. The summed E-state index contributed by atoms with van der Waals surface area (Å²) in [5.74, 6) is -1.10. The molecular formula is C19H17Cl2FN4O5.